The van der Waals surface area contributed by atoms with E-state index in [0.717, 1.165) is 11.3 Å². The molecule has 0 saturated heterocycles. The molecule has 0 heterocycles. The van der Waals surface area contributed by atoms with Crippen molar-refractivity contribution in [1.29, 1.82) is 0 Å². The van der Waals surface area contributed by atoms with Crippen LogP contribution in [0.3, 0.4) is 0 Å². The van der Waals surface area contributed by atoms with Crippen LogP contribution in [-0.4, -0.2) is 4.55 Å². The van der Waals surface area contributed by atoms with E-state index in [-0.39, 0.29) is 0 Å². The van der Waals surface area contributed by atoms with E-state index in [4.69, 9.17) is 0 Å². The molecular weight excluding hydrogens is 296 g/mol. The van der Waals surface area contributed by atoms with Gasteiger partial charge in [-0.15, -0.1) is 11.8 Å². The minimum absolute atomic E-state index is 0.574. The fourth-order valence-corrected chi connectivity index (χ4v) is 2.67. The van der Waals surface area contributed by atoms with Gasteiger partial charge in [0.1, 0.15) is 11.2 Å². The van der Waals surface area contributed by atoms with E-state index < -0.39 is 11.2 Å². The zero-order valence-corrected chi connectivity index (χ0v) is 13.6. The molecule has 1 unspecified atom stereocenters. The van der Waals surface area contributed by atoms with E-state index in [0.29, 0.717) is 5.75 Å². The van der Waals surface area contributed by atoms with Gasteiger partial charge >= 0.3 is 0 Å². The van der Waals surface area contributed by atoms with Crippen LogP contribution >= 0.6 is 11.8 Å². The highest BCUT2D eigenvalue weighted by Crippen LogP contribution is 2.11. The van der Waals surface area contributed by atoms with Gasteiger partial charge in [-0.2, -0.15) is 0 Å². The van der Waals surface area contributed by atoms with E-state index >= 15 is 0 Å². The molecular formula is C18H20OS2. The summed E-state index contributed by atoms with van der Waals surface area (Å²) in [5.41, 5.74) is 2.44. The predicted octanol–water partition coefficient (Wildman–Crippen LogP) is 5.14. The van der Waals surface area contributed by atoms with E-state index in [1.54, 1.807) is 11.8 Å². The summed E-state index contributed by atoms with van der Waals surface area (Å²) in [6, 6.07) is 20.1. The summed E-state index contributed by atoms with van der Waals surface area (Å²) in [5.74, 6) is 1.61. The second-order valence-corrected chi connectivity index (χ2v) is 6.48. The van der Waals surface area contributed by atoms with Gasteiger partial charge in [-0.25, -0.2) is 0 Å². The molecule has 0 N–H and O–H groups in total. The van der Waals surface area contributed by atoms with Gasteiger partial charge in [0.2, 0.25) is 0 Å². The van der Waals surface area contributed by atoms with Crippen LogP contribution in [0.4, 0.5) is 0 Å². The molecule has 0 aliphatic rings. The Labute approximate surface area is 135 Å². The number of thioether (sulfide) groups is 1. The van der Waals surface area contributed by atoms with Gasteiger partial charge in [-0.3, -0.25) is 0 Å². The van der Waals surface area contributed by atoms with Crippen molar-refractivity contribution in [1.82, 2.24) is 0 Å². The molecule has 0 aromatic heterocycles. The lowest BCUT2D eigenvalue weighted by atomic mass is 10.2. The zero-order chi connectivity index (χ0) is 15.3. The van der Waals surface area contributed by atoms with Crippen molar-refractivity contribution in [2.75, 3.05) is 0 Å². The first-order chi connectivity index (χ1) is 10.3. The smallest absolute Gasteiger partial charge is 0.135 e. The zero-order valence-electron chi connectivity index (χ0n) is 12.0. The van der Waals surface area contributed by atoms with E-state index in [1.807, 2.05) is 41.8 Å². The summed E-state index contributed by atoms with van der Waals surface area (Å²) in [4.78, 5) is 0. The molecule has 2 aromatic carbocycles. The third-order valence-corrected chi connectivity index (χ3v) is 4.27. The molecule has 0 fully saturated rings. The van der Waals surface area contributed by atoms with E-state index in [9.17, 15) is 4.55 Å². The number of hydrogen-bond donors (Lipinski definition) is 0. The van der Waals surface area contributed by atoms with Gasteiger partial charge < -0.3 is 4.55 Å². The van der Waals surface area contributed by atoms with Gasteiger partial charge in [0, 0.05) is 11.3 Å². The van der Waals surface area contributed by atoms with Crippen molar-refractivity contribution in [2.45, 2.75) is 11.5 Å². The molecule has 21 heavy (non-hydrogen) atoms. The summed E-state index contributed by atoms with van der Waals surface area (Å²) in [7, 11) is 0. The quantitative estimate of drug-likeness (QED) is 0.689. The highest BCUT2D eigenvalue weighted by Gasteiger charge is 2.00. The maximum Gasteiger partial charge on any atom is 0.135 e. The van der Waals surface area contributed by atoms with Crippen molar-refractivity contribution < 1.29 is 4.55 Å². The lowest BCUT2D eigenvalue weighted by Gasteiger charge is -2.03. The lowest BCUT2D eigenvalue weighted by Crippen LogP contribution is -1.98. The Bertz CT molecular complexity index is 511. The third-order valence-electron chi connectivity index (χ3n) is 2.55. The Morgan fingerprint density at radius 3 is 1.90 bits per heavy atom. The SMILES string of the molecule is C=CSCc1ccccc1.C=C[S+]([O-])Cc1ccccc1. The third kappa shape index (κ3) is 8.45. The fourth-order valence-electron chi connectivity index (χ4n) is 1.53. The Hall–Kier alpha value is -1.42. The first-order valence-electron chi connectivity index (χ1n) is 6.56. The molecule has 1 nitrogen and oxygen atoms in total. The molecule has 0 aliphatic heterocycles. The highest BCUT2D eigenvalue weighted by atomic mass is 32.2. The molecule has 110 valence electrons. The van der Waals surface area contributed by atoms with Gasteiger partial charge in [-0.1, -0.05) is 73.8 Å². The van der Waals surface area contributed by atoms with Crippen LogP contribution < -0.4 is 0 Å². The summed E-state index contributed by atoms with van der Waals surface area (Å²) >= 11 is 0.811. The number of benzene rings is 2. The number of rotatable bonds is 6. The molecule has 0 saturated carbocycles. The monoisotopic (exact) mass is 316 g/mol. The second kappa shape index (κ2) is 11.3. The summed E-state index contributed by atoms with van der Waals surface area (Å²) in [5, 5.41) is 3.33. The second-order valence-electron chi connectivity index (χ2n) is 4.14. The topological polar surface area (TPSA) is 23.1 Å². The first kappa shape index (κ1) is 17.6. The largest absolute Gasteiger partial charge is 0.612 e. The molecule has 0 spiro atoms. The molecule has 2 aromatic rings. The average molecular weight is 316 g/mol. The van der Waals surface area contributed by atoms with Crippen LogP contribution in [0.1, 0.15) is 11.1 Å². The van der Waals surface area contributed by atoms with Gasteiger partial charge in [0.15, 0.2) is 0 Å². The highest BCUT2D eigenvalue weighted by molar-refractivity contribution is 8.01. The maximum atomic E-state index is 11.0. The van der Waals surface area contributed by atoms with E-state index in [1.165, 1.54) is 11.0 Å². The minimum Gasteiger partial charge on any atom is -0.612 e. The van der Waals surface area contributed by atoms with Crippen molar-refractivity contribution in [3.8, 4) is 0 Å². The first-order valence-corrected chi connectivity index (χ1v) is 8.99. The van der Waals surface area contributed by atoms with Crippen molar-refractivity contribution in [3.63, 3.8) is 0 Å². The average Bonchev–Trinajstić information content (AvgIpc) is 2.55. The fraction of sp³-hybridized carbons (Fsp3) is 0.111. The molecule has 0 amide bonds. The van der Waals surface area contributed by atoms with Crippen molar-refractivity contribution in [3.05, 3.63) is 95.8 Å². The summed E-state index contributed by atoms with van der Waals surface area (Å²) < 4.78 is 11.0. The van der Waals surface area contributed by atoms with Crippen molar-refractivity contribution in [2.24, 2.45) is 0 Å². The molecule has 3 heteroatoms. The standard InChI is InChI=1S/C9H10OS.C9H10S/c1-2-11(10)8-9-6-4-3-5-7-9;1-2-10-8-9-6-4-3-5-7-9/h2-7H,1,8H2;2-7H,1,8H2. The number of hydrogen-bond acceptors (Lipinski definition) is 2. The summed E-state index contributed by atoms with van der Waals surface area (Å²) in [6.07, 6.45) is 0. The summed E-state index contributed by atoms with van der Waals surface area (Å²) in [6.45, 7) is 7.10. The molecule has 1 atom stereocenters. The lowest BCUT2D eigenvalue weighted by molar-refractivity contribution is 0.603. The molecule has 0 radical (unpaired) electrons. The molecule has 0 bridgehead atoms. The van der Waals surface area contributed by atoms with Crippen LogP contribution in [0.2, 0.25) is 0 Å². The van der Waals surface area contributed by atoms with Crippen LogP contribution in [0.25, 0.3) is 0 Å². The van der Waals surface area contributed by atoms with Crippen LogP contribution in [0.15, 0.2) is 84.6 Å². The van der Waals surface area contributed by atoms with Crippen molar-refractivity contribution >= 4 is 22.9 Å². The Morgan fingerprint density at radius 1 is 0.905 bits per heavy atom. The maximum absolute atomic E-state index is 11.0. The Kier molecular flexibility index (Phi) is 9.46. The van der Waals surface area contributed by atoms with Crippen LogP contribution in [0, 0.1) is 0 Å². The normalized spacial score (nSPS) is 10.9. The van der Waals surface area contributed by atoms with E-state index in [2.05, 4.69) is 37.4 Å². The van der Waals surface area contributed by atoms with Gasteiger partial charge in [0.25, 0.3) is 0 Å². The molecule has 2 rings (SSSR count). The van der Waals surface area contributed by atoms with Gasteiger partial charge in [-0.05, 0) is 22.1 Å². The molecule has 0 aliphatic carbocycles. The van der Waals surface area contributed by atoms with Crippen LogP contribution in [-0.2, 0) is 22.7 Å². The van der Waals surface area contributed by atoms with Gasteiger partial charge in [0.05, 0.1) is 0 Å². The minimum atomic E-state index is -0.914. The van der Waals surface area contributed by atoms with Crippen LogP contribution in [0.5, 0.6) is 0 Å². The predicted molar refractivity (Wildman–Crippen MR) is 96.4 cm³/mol. The Balaban J connectivity index is 0.000000211. The Morgan fingerprint density at radius 2 is 1.43 bits per heavy atom.